The van der Waals surface area contributed by atoms with Crippen LogP contribution in [0.25, 0.3) is 0 Å². The number of hydrogen-bond donors (Lipinski definition) is 2. The molecule has 0 heterocycles. The molecule has 2 N–H and O–H groups in total. The monoisotopic (exact) mass is 579 g/mol. The van der Waals surface area contributed by atoms with Crippen molar-refractivity contribution in [3.05, 3.63) is 23.3 Å². The third-order valence-corrected chi connectivity index (χ3v) is 11.0. The highest BCUT2D eigenvalue weighted by Crippen LogP contribution is 2.48. The molecule has 0 unspecified atom stereocenters. The topological polar surface area (TPSA) is 129 Å². The van der Waals surface area contributed by atoms with E-state index >= 15 is 0 Å². The molecule has 5 fully saturated rings. The number of rotatable bonds is 9. The van der Waals surface area contributed by atoms with Gasteiger partial charge in [0.25, 0.3) is 5.91 Å². The molecule has 5 aliphatic carbocycles. The average Bonchev–Trinajstić information content (AvgIpc) is 2.99. The smallest absolute Gasteiger partial charge is 0.309 e. The Morgan fingerprint density at radius 1 is 1.02 bits per heavy atom. The molecule has 5 aliphatic rings. The predicted molar refractivity (Wildman–Crippen MR) is 156 cm³/mol. The number of ether oxygens (including phenoxy) is 2. The lowest BCUT2D eigenvalue weighted by Crippen LogP contribution is -2.59. The van der Waals surface area contributed by atoms with Gasteiger partial charge in [-0.25, -0.2) is 0 Å². The minimum absolute atomic E-state index is 0.0589. The van der Waals surface area contributed by atoms with E-state index in [-0.39, 0.29) is 58.4 Å². The quantitative estimate of drug-likeness (QED) is 0.413. The number of carbonyl (C=O) groups is 3. The molecule has 2 amide bonds. The van der Waals surface area contributed by atoms with Gasteiger partial charge in [-0.05, 0) is 94.4 Å². The number of carbonyl (C=O) groups excluding carboxylic acids is 2. The predicted octanol–water partition coefficient (Wildman–Crippen LogP) is 5.16. The summed E-state index contributed by atoms with van der Waals surface area (Å²) in [4.78, 5) is 41.2. The lowest BCUT2D eigenvalue weighted by molar-refractivity contribution is -0.150. The van der Waals surface area contributed by atoms with Crippen molar-refractivity contribution in [1.29, 1.82) is 5.26 Å². The summed E-state index contributed by atoms with van der Waals surface area (Å²) in [5.41, 5.74) is -0.0458. The molecular formula is C33H45N3O6. The second-order valence-corrected chi connectivity index (χ2v) is 13.8. The van der Waals surface area contributed by atoms with Crippen LogP contribution in [0.5, 0.6) is 11.5 Å². The Kier molecular flexibility index (Phi) is 8.46. The van der Waals surface area contributed by atoms with E-state index in [1.165, 1.54) is 19.6 Å². The molecule has 0 radical (unpaired) electrons. The van der Waals surface area contributed by atoms with Crippen LogP contribution in [0.2, 0.25) is 0 Å². The number of nitrogens with zero attached hydrogens (tertiary/aromatic N) is 2. The molecule has 5 saturated carbocycles. The zero-order valence-electron chi connectivity index (χ0n) is 25.4. The van der Waals surface area contributed by atoms with Gasteiger partial charge in [-0.1, -0.05) is 13.3 Å². The van der Waals surface area contributed by atoms with Crippen molar-refractivity contribution in [2.75, 3.05) is 20.7 Å². The Bertz CT molecular complexity index is 1250. The van der Waals surface area contributed by atoms with Crippen molar-refractivity contribution in [2.24, 2.45) is 28.6 Å². The number of hydrogen-bond acceptors (Lipinski definition) is 6. The Labute approximate surface area is 248 Å². The molecule has 0 aliphatic heterocycles. The average molecular weight is 580 g/mol. The first-order chi connectivity index (χ1) is 20.0. The third kappa shape index (κ3) is 5.69. The van der Waals surface area contributed by atoms with E-state index in [0.29, 0.717) is 43.5 Å². The molecule has 42 heavy (non-hydrogen) atoms. The summed E-state index contributed by atoms with van der Waals surface area (Å²) >= 11 is 0. The highest BCUT2D eigenvalue weighted by molar-refractivity contribution is 5.98. The summed E-state index contributed by atoms with van der Waals surface area (Å²) in [5, 5.41) is 22.7. The number of aliphatic carboxylic acids is 1. The summed E-state index contributed by atoms with van der Waals surface area (Å²) in [7, 11) is 3.26. The lowest BCUT2D eigenvalue weighted by atomic mass is 9.60. The fraction of sp³-hybridized carbons (Fsp3) is 0.697. The molecule has 1 aromatic rings. The van der Waals surface area contributed by atoms with E-state index in [2.05, 4.69) is 18.3 Å². The summed E-state index contributed by atoms with van der Waals surface area (Å²) < 4.78 is 11.8. The molecular weight excluding hydrogens is 534 g/mol. The standard InChI is InChI=1S/C33H45N3O6/c1-32(12-5-13-32)19-35-29(37)27-20-6-8-21(9-7-20)28(27)36(3)30(38)24-17-25(22(18-34)16-26(24)41-4)42-23-10-14-33(2,15-11-23)31(39)40/h16-17,20-21,23,27-28H,5-15,19H2,1-4H3,(H,35,37)(H,39,40)/t20?,21?,23?,27-,28+,33?/m0/s1. The second kappa shape index (κ2) is 11.8. The molecule has 2 atom stereocenters. The van der Waals surface area contributed by atoms with Gasteiger partial charge in [0, 0.05) is 25.7 Å². The van der Waals surface area contributed by atoms with Crippen molar-refractivity contribution in [2.45, 2.75) is 96.6 Å². The number of carboxylic acid groups (broad SMARTS) is 1. The van der Waals surface area contributed by atoms with Crippen LogP contribution in [-0.2, 0) is 9.59 Å². The van der Waals surface area contributed by atoms with Gasteiger partial charge in [0.15, 0.2) is 0 Å². The summed E-state index contributed by atoms with van der Waals surface area (Å²) in [5.74, 6) is -0.155. The van der Waals surface area contributed by atoms with E-state index in [1.807, 2.05) is 0 Å². The van der Waals surface area contributed by atoms with E-state index in [1.54, 1.807) is 24.9 Å². The van der Waals surface area contributed by atoms with Crippen LogP contribution in [0.15, 0.2) is 12.1 Å². The van der Waals surface area contributed by atoms with Crippen molar-refractivity contribution in [3.8, 4) is 17.6 Å². The van der Waals surface area contributed by atoms with Gasteiger partial charge in [0.1, 0.15) is 17.6 Å². The third-order valence-electron chi connectivity index (χ3n) is 11.0. The molecule has 2 bridgehead atoms. The lowest BCUT2D eigenvalue weighted by Gasteiger charge is -2.51. The first-order valence-electron chi connectivity index (χ1n) is 15.6. The van der Waals surface area contributed by atoms with Crippen LogP contribution in [0.3, 0.4) is 0 Å². The second-order valence-electron chi connectivity index (χ2n) is 13.8. The van der Waals surface area contributed by atoms with Crippen LogP contribution in [-0.4, -0.2) is 60.6 Å². The number of benzene rings is 1. The summed E-state index contributed by atoms with van der Waals surface area (Å²) in [6.45, 7) is 4.66. The molecule has 228 valence electrons. The van der Waals surface area contributed by atoms with Crippen LogP contribution < -0.4 is 14.8 Å². The molecule has 0 spiro atoms. The SMILES string of the molecule is COc1cc(C#N)c(OC2CCC(C)(C(=O)O)CC2)cc1C(=O)N(C)[C@@H]1C2CCC(CC2)[C@@H]1C(=O)NCC1(C)CCC1. The maximum Gasteiger partial charge on any atom is 0.309 e. The van der Waals surface area contributed by atoms with Crippen molar-refractivity contribution < 1.29 is 29.0 Å². The molecule has 0 aromatic heterocycles. The Hall–Kier alpha value is -3.28. The summed E-state index contributed by atoms with van der Waals surface area (Å²) in [6, 6.07) is 5.07. The fourth-order valence-corrected chi connectivity index (χ4v) is 7.87. The largest absolute Gasteiger partial charge is 0.496 e. The van der Waals surface area contributed by atoms with Crippen molar-refractivity contribution in [3.63, 3.8) is 0 Å². The highest BCUT2D eigenvalue weighted by Gasteiger charge is 2.50. The van der Waals surface area contributed by atoms with Crippen LogP contribution in [0.1, 0.15) is 100 Å². The van der Waals surface area contributed by atoms with Crippen molar-refractivity contribution in [1.82, 2.24) is 10.2 Å². The Balaban J connectivity index is 1.37. The first-order valence-corrected chi connectivity index (χ1v) is 15.6. The van der Waals surface area contributed by atoms with Gasteiger partial charge in [0.2, 0.25) is 5.91 Å². The van der Waals surface area contributed by atoms with Crippen LogP contribution in [0, 0.1) is 39.9 Å². The van der Waals surface area contributed by atoms with Gasteiger partial charge < -0.3 is 24.8 Å². The maximum atomic E-state index is 14.2. The van der Waals surface area contributed by atoms with Gasteiger partial charge >= 0.3 is 5.97 Å². The normalized spacial score (nSPS) is 31.3. The molecule has 0 saturated heterocycles. The molecule has 6 rings (SSSR count). The maximum absolute atomic E-state index is 14.2. The first kappa shape index (κ1) is 30.2. The number of amides is 2. The van der Waals surface area contributed by atoms with Crippen LogP contribution >= 0.6 is 0 Å². The van der Waals surface area contributed by atoms with E-state index in [4.69, 9.17) is 9.47 Å². The van der Waals surface area contributed by atoms with E-state index in [0.717, 1.165) is 38.5 Å². The minimum atomic E-state index is -0.806. The number of fused-ring (bicyclic) bond motifs is 3. The van der Waals surface area contributed by atoms with E-state index < -0.39 is 11.4 Å². The molecule has 9 heteroatoms. The Morgan fingerprint density at radius 2 is 1.67 bits per heavy atom. The van der Waals surface area contributed by atoms with E-state index in [9.17, 15) is 24.8 Å². The zero-order valence-corrected chi connectivity index (χ0v) is 25.4. The van der Waals surface area contributed by atoms with Crippen molar-refractivity contribution >= 4 is 17.8 Å². The zero-order chi connectivity index (χ0) is 30.2. The molecule has 1 aromatic carbocycles. The van der Waals surface area contributed by atoms with Crippen LogP contribution in [0.4, 0.5) is 0 Å². The van der Waals surface area contributed by atoms with Gasteiger partial charge in [-0.2, -0.15) is 5.26 Å². The van der Waals surface area contributed by atoms with Gasteiger partial charge in [-0.15, -0.1) is 0 Å². The molecule has 9 nitrogen and oxygen atoms in total. The van der Waals surface area contributed by atoms with Gasteiger partial charge in [0.05, 0.1) is 35.7 Å². The fourth-order valence-electron chi connectivity index (χ4n) is 7.87. The number of carboxylic acids is 1. The number of nitriles is 1. The van der Waals surface area contributed by atoms with Gasteiger partial charge in [-0.3, -0.25) is 14.4 Å². The number of methoxy groups -OCH3 is 1. The minimum Gasteiger partial charge on any atom is -0.496 e. The summed E-state index contributed by atoms with van der Waals surface area (Å²) in [6.07, 6.45) is 9.31. The number of nitrogens with one attached hydrogen (secondary N) is 1. The Morgan fingerprint density at radius 3 is 2.21 bits per heavy atom. The highest BCUT2D eigenvalue weighted by atomic mass is 16.5.